The molecule has 18 heavy (non-hydrogen) atoms. The van der Waals surface area contributed by atoms with Crippen LogP contribution in [0.5, 0.6) is 0 Å². The van der Waals surface area contributed by atoms with Crippen LogP contribution in [0.4, 0.5) is 13.2 Å². The van der Waals surface area contributed by atoms with Crippen LogP contribution in [0.1, 0.15) is 26.7 Å². The van der Waals surface area contributed by atoms with Gasteiger partial charge in [0.2, 0.25) is 5.91 Å². The standard InChI is InChI=1S/C10H15F3N2O3/c1-9(2)4-3-5-15(6(9)7(14)16)18-8(17)10(11,12)13/h6H,3-5H2,1-2H3,(H2,14,16). The molecular weight excluding hydrogens is 253 g/mol. The summed E-state index contributed by atoms with van der Waals surface area (Å²) in [6.45, 7) is 3.44. The molecule has 1 saturated heterocycles. The molecule has 8 heteroatoms. The summed E-state index contributed by atoms with van der Waals surface area (Å²) in [5, 5.41) is 0.738. The van der Waals surface area contributed by atoms with E-state index in [9.17, 15) is 22.8 Å². The molecule has 2 N–H and O–H groups in total. The Kier molecular flexibility index (Phi) is 3.89. The zero-order valence-corrected chi connectivity index (χ0v) is 10.1. The number of piperidine rings is 1. The van der Waals surface area contributed by atoms with Crippen molar-refractivity contribution in [3.05, 3.63) is 0 Å². The largest absolute Gasteiger partial charge is 0.492 e. The number of carbonyl (C=O) groups is 2. The maximum atomic E-state index is 12.1. The van der Waals surface area contributed by atoms with Gasteiger partial charge < -0.3 is 10.6 Å². The molecule has 0 bridgehead atoms. The normalized spacial score (nSPS) is 24.6. The number of halogens is 3. The molecule has 1 rings (SSSR count). The number of rotatable bonds is 2. The predicted octanol–water partition coefficient (Wildman–Crippen LogP) is 0.983. The molecule has 1 amide bonds. The van der Waals surface area contributed by atoms with E-state index in [0.717, 1.165) is 5.06 Å². The first-order valence-electron chi connectivity index (χ1n) is 5.41. The highest BCUT2D eigenvalue weighted by atomic mass is 19.4. The summed E-state index contributed by atoms with van der Waals surface area (Å²) in [7, 11) is 0. The minimum Gasteiger partial charge on any atom is -0.368 e. The Balaban J connectivity index is 2.86. The second-order valence-electron chi connectivity index (χ2n) is 4.91. The van der Waals surface area contributed by atoms with Crippen molar-refractivity contribution in [2.24, 2.45) is 11.1 Å². The van der Waals surface area contributed by atoms with E-state index in [1.165, 1.54) is 0 Å². The first-order chi connectivity index (χ1) is 8.05. The van der Waals surface area contributed by atoms with E-state index >= 15 is 0 Å². The minimum atomic E-state index is -5.09. The van der Waals surface area contributed by atoms with Crippen LogP contribution in [0.3, 0.4) is 0 Å². The molecule has 0 aromatic rings. The van der Waals surface area contributed by atoms with E-state index in [0.29, 0.717) is 12.8 Å². The number of primary amides is 1. The quantitative estimate of drug-likeness (QED) is 0.810. The molecule has 1 aliphatic rings. The smallest absolute Gasteiger partial charge is 0.368 e. The van der Waals surface area contributed by atoms with Crippen LogP contribution in [0, 0.1) is 5.41 Å². The van der Waals surface area contributed by atoms with Gasteiger partial charge in [-0.15, -0.1) is 5.06 Å². The van der Waals surface area contributed by atoms with Crippen LogP contribution in [0.15, 0.2) is 0 Å². The van der Waals surface area contributed by atoms with Crippen molar-refractivity contribution >= 4 is 11.9 Å². The van der Waals surface area contributed by atoms with Crippen LogP contribution < -0.4 is 5.73 Å². The molecule has 1 atom stereocenters. The molecule has 104 valence electrons. The molecule has 1 unspecified atom stereocenters. The number of carbonyl (C=O) groups excluding carboxylic acids is 2. The van der Waals surface area contributed by atoms with Crippen LogP contribution >= 0.6 is 0 Å². The highest BCUT2D eigenvalue weighted by molar-refractivity contribution is 5.81. The van der Waals surface area contributed by atoms with E-state index in [4.69, 9.17) is 5.73 Å². The molecule has 1 heterocycles. The SMILES string of the molecule is CC1(C)CCCN(OC(=O)C(F)(F)F)C1C(N)=O. The second-order valence-corrected chi connectivity index (χ2v) is 4.91. The summed E-state index contributed by atoms with van der Waals surface area (Å²) in [4.78, 5) is 26.3. The van der Waals surface area contributed by atoms with Gasteiger partial charge in [-0.25, -0.2) is 4.79 Å². The molecule has 0 aromatic heterocycles. The first kappa shape index (κ1) is 14.7. The monoisotopic (exact) mass is 268 g/mol. The lowest BCUT2D eigenvalue weighted by molar-refractivity contribution is -0.256. The first-order valence-corrected chi connectivity index (χ1v) is 5.41. The van der Waals surface area contributed by atoms with Gasteiger partial charge in [-0.3, -0.25) is 4.79 Å². The van der Waals surface area contributed by atoms with Crippen LogP contribution in [-0.2, 0) is 14.4 Å². The fourth-order valence-corrected chi connectivity index (χ4v) is 2.13. The number of nitrogens with zero attached hydrogens (tertiary/aromatic N) is 1. The average molecular weight is 268 g/mol. The topological polar surface area (TPSA) is 72.6 Å². The Morgan fingerprint density at radius 1 is 1.39 bits per heavy atom. The minimum absolute atomic E-state index is 0.0544. The van der Waals surface area contributed by atoms with Crippen molar-refractivity contribution in [1.29, 1.82) is 0 Å². The molecule has 0 radical (unpaired) electrons. The van der Waals surface area contributed by atoms with Crippen molar-refractivity contribution in [2.45, 2.75) is 38.9 Å². The van der Waals surface area contributed by atoms with Gasteiger partial charge in [0, 0.05) is 6.54 Å². The summed E-state index contributed by atoms with van der Waals surface area (Å²) in [6.07, 6.45) is -3.97. The van der Waals surface area contributed by atoms with Crippen LogP contribution in [-0.4, -0.2) is 35.7 Å². The highest BCUT2D eigenvalue weighted by Gasteiger charge is 2.48. The third kappa shape index (κ3) is 3.12. The number of hydrogen-bond acceptors (Lipinski definition) is 4. The maximum absolute atomic E-state index is 12.1. The van der Waals surface area contributed by atoms with Gasteiger partial charge in [0.25, 0.3) is 0 Å². The summed E-state index contributed by atoms with van der Waals surface area (Å²) in [5.41, 5.74) is 4.52. The fourth-order valence-electron chi connectivity index (χ4n) is 2.13. The Morgan fingerprint density at radius 2 is 1.94 bits per heavy atom. The van der Waals surface area contributed by atoms with E-state index in [1.807, 2.05) is 0 Å². The molecule has 0 aliphatic carbocycles. The third-order valence-corrected chi connectivity index (χ3v) is 2.93. The van der Waals surface area contributed by atoms with Crippen molar-refractivity contribution < 1.29 is 27.6 Å². The van der Waals surface area contributed by atoms with Gasteiger partial charge >= 0.3 is 12.1 Å². The Labute approximate surface area is 102 Å². The lowest BCUT2D eigenvalue weighted by Gasteiger charge is -2.42. The van der Waals surface area contributed by atoms with Crippen molar-refractivity contribution in [3.63, 3.8) is 0 Å². The number of hydroxylamine groups is 2. The van der Waals surface area contributed by atoms with E-state index in [1.54, 1.807) is 13.8 Å². The van der Waals surface area contributed by atoms with E-state index in [2.05, 4.69) is 4.84 Å². The zero-order chi connectivity index (χ0) is 14.1. The second kappa shape index (κ2) is 4.75. The lowest BCUT2D eigenvalue weighted by atomic mass is 9.77. The fraction of sp³-hybridized carbons (Fsp3) is 0.800. The molecule has 0 aromatic carbocycles. The molecule has 5 nitrogen and oxygen atoms in total. The number of nitrogens with two attached hydrogens (primary N) is 1. The summed E-state index contributed by atoms with van der Waals surface area (Å²) >= 11 is 0. The van der Waals surface area contributed by atoms with Gasteiger partial charge in [0.15, 0.2) is 0 Å². The zero-order valence-electron chi connectivity index (χ0n) is 10.1. The highest BCUT2D eigenvalue weighted by Crippen LogP contribution is 2.35. The summed E-state index contributed by atoms with van der Waals surface area (Å²) in [6, 6.07) is -1.06. The van der Waals surface area contributed by atoms with Crippen LogP contribution in [0.25, 0.3) is 0 Å². The van der Waals surface area contributed by atoms with Gasteiger partial charge in [-0.2, -0.15) is 13.2 Å². The number of alkyl halides is 3. The number of amides is 1. The van der Waals surface area contributed by atoms with Crippen LogP contribution in [0.2, 0.25) is 0 Å². The van der Waals surface area contributed by atoms with Gasteiger partial charge in [0.05, 0.1) is 0 Å². The summed E-state index contributed by atoms with van der Waals surface area (Å²) < 4.78 is 36.3. The molecular formula is C10H15F3N2O3. The molecule has 1 fully saturated rings. The Morgan fingerprint density at radius 3 is 2.39 bits per heavy atom. The maximum Gasteiger partial charge on any atom is 0.492 e. The van der Waals surface area contributed by atoms with Crippen molar-refractivity contribution in [2.75, 3.05) is 6.54 Å². The third-order valence-electron chi connectivity index (χ3n) is 2.93. The van der Waals surface area contributed by atoms with E-state index in [-0.39, 0.29) is 6.54 Å². The Hall–Kier alpha value is -1.31. The van der Waals surface area contributed by atoms with Gasteiger partial charge in [-0.1, -0.05) is 13.8 Å². The van der Waals surface area contributed by atoms with Crippen molar-refractivity contribution in [1.82, 2.24) is 5.06 Å². The Bertz CT molecular complexity index is 355. The lowest BCUT2D eigenvalue weighted by Crippen LogP contribution is -2.57. The molecule has 0 saturated carbocycles. The van der Waals surface area contributed by atoms with Gasteiger partial charge in [0.1, 0.15) is 6.04 Å². The molecule has 0 spiro atoms. The predicted molar refractivity (Wildman–Crippen MR) is 54.9 cm³/mol. The summed E-state index contributed by atoms with van der Waals surface area (Å²) in [5.74, 6) is -3.15. The average Bonchev–Trinajstić information content (AvgIpc) is 2.13. The van der Waals surface area contributed by atoms with E-state index < -0.39 is 29.5 Å². The molecule has 1 aliphatic heterocycles. The van der Waals surface area contributed by atoms with Crippen molar-refractivity contribution in [3.8, 4) is 0 Å². The number of hydrogen-bond donors (Lipinski definition) is 1. The van der Waals surface area contributed by atoms with Gasteiger partial charge in [-0.05, 0) is 18.3 Å².